The van der Waals surface area contributed by atoms with E-state index in [0.29, 0.717) is 0 Å². The molecule has 0 fully saturated rings. The molecule has 4 heteroatoms. The predicted molar refractivity (Wildman–Crippen MR) is 160 cm³/mol. The second kappa shape index (κ2) is 7.59. The molecule has 4 nitrogen and oxygen atoms in total. The van der Waals surface area contributed by atoms with Gasteiger partial charge in [-0.15, -0.1) is 0 Å². The first-order chi connectivity index (χ1) is 19.4. The van der Waals surface area contributed by atoms with Gasteiger partial charge in [0.15, 0.2) is 0 Å². The molecule has 9 aromatic rings. The van der Waals surface area contributed by atoms with Crippen LogP contribution in [0.4, 0.5) is 0 Å². The van der Waals surface area contributed by atoms with Crippen molar-refractivity contribution in [2.75, 3.05) is 0 Å². The van der Waals surface area contributed by atoms with Gasteiger partial charge in [0.25, 0.3) is 0 Å². The number of fused-ring (bicyclic) bond motifs is 11. The van der Waals surface area contributed by atoms with Crippen molar-refractivity contribution in [3.05, 3.63) is 127 Å². The summed E-state index contributed by atoms with van der Waals surface area (Å²) in [6.45, 7) is 0. The molecule has 0 spiro atoms. The minimum Gasteiger partial charge on any atom is -0.455 e. The van der Waals surface area contributed by atoms with Crippen molar-refractivity contribution in [1.29, 1.82) is 0 Å². The van der Waals surface area contributed by atoms with E-state index in [9.17, 15) is 0 Å². The van der Waals surface area contributed by atoms with E-state index in [4.69, 9.17) is 9.40 Å². The van der Waals surface area contributed by atoms with Crippen molar-refractivity contribution in [2.24, 2.45) is 0 Å². The molecule has 0 atom stereocenters. The van der Waals surface area contributed by atoms with Crippen LogP contribution >= 0.6 is 0 Å². The number of aromatic nitrogens is 3. The Morgan fingerprint density at radius 2 is 1.13 bits per heavy atom. The summed E-state index contributed by atoms with van der Waals surface area (Å²) < 4.78 is 11.3. The van der Waals surface area contributed by atoms with E-state index in [2.05, 4.69) is 124 Å². The minimum absolute atomic E-state index is 0.856. The van der Waals surface area contributed by atoms with E-state index in [1.165, 1.54) is 10.8 Å². The predicted octanol–water partition coefficient (Wildman–Crippen LogP) is 9.18. The third kappa shape index (κ3) is 2.70. The van der Waals surface area contributed by atoms with Crippen LogP contribution in [0.2, 0.25) is 0 Å². The monoisotopic (exact) mass is 499 g/mol. The van der Waals surface area contributed by atoms with E-state index in [0.717, 1.165) is 66.4 Å². The molecule has 39 heavy (non-hydrogen) atoms. The maximum absolute atomic E-state index is 6.66. The van der Waals surface area contributed by atoms with Gasteiger partial charge in [0.2, 0.25) is 5.95 Å². The van der Waals surface area contributed by atoms with Crippen molar-refractivity contribution in [2.45, 2.75) is 0 Å². The first-order valence-corrected chi connectivity index (χ1v) is 13.2. The van der Waals surface area contributed by atoms with Crippen molar-refractivity contribution >= 4 is 65.6 Å². The third-order valence-corrected chi connectivity index (χ3v) is 7.91. The molecule has 0 bridgehead atoms. The lowest BCUT2D eigenvalue weighted by Gasteiger charge is -2.13. The molecular weight excluding hydrogens is 478 g/mol. The minimum atomic E-state index is 0.856. The van der Waals surface area contributed by atoms with Crippen molar-refractivity contribution in [3.63, 3.8) is 0 Å². The summed E-state index contributed by atoms with van der Waals surface area (Å²) in [5.41, 5.74) is 7.11. The fraction of sp³-hybridized carbons (Fsp3) is 0. The lowest BCUT2D eigenvalue weighted by molar-refractivity contribution is 0.673. The maximum Gasteiger partial charge on any atom is 0.220 e. The molecule has 0 unspecified atom stereocenters. The Hall–Kier alpha value is -5.35. The molecule has 0 amide bonds. The number of hydrogen-bond acceptors (Lipinski definition) is 2. The van der Waals surface area contributed by atoms with Crippen molar-refractivity contribution in [3.8, 4) is 11.6 Å². The number of nitrogens with zero attached hydrogens (tertiary/aromatic N) is 3. The van der Waals surface area contributed by atoms with Crippen LogP contribution in [0.3, 0.4) is 0 Å². The molecule has 9 rings (SSSR count). The van der Waals surface area contributed by atoms with E-state index in [-0.39, 0.29) is 0 Å². The Morgan fingerprint density at radius 3 is 1.97 bits per heavy atom. The Morgan fingerprint density at radius 1 is 0.487 bits per heavy atom. The van der Waals surface area contributed by atoms with Gasteiger partial charge in [0, 0.05) is 27.2 Å². The zero-order chi connectivity index (χ0) is 25.5. The SMILES string of the molecule is c1ccc(-n2c(-n3c4ccccc4c4c5oc6ccccc6c5c5ccccc5c43)nc3ccccc32)cc1. The Bertz CT molecular complexity index is 2390. The van der Waals surface area contributed by atoms with Gasteiger partial charge in [-0.25, -0.2) is 4.98 Å². The largest absolute Gasteiger partial charge is 0.455 e. The smallest absolute Gasteiger partial charge is 0.220 e. The van der Waals surface area contributed by atoms with Crippen LogP contribution < -0.4 is 0 Å². The first kappa shape index (κ1) is 20.7. The molecule has 0 saturated carbocycles. The van der Waals surface area contributed by atoms with Crippen molar-refractivity contribution in [1.82, 2.24) is 14.1 Å². The number of hydrogen-bond donors (Lipinski definition) is 0. The van der Waals surface area contributed by atoms with Crippen LogP contribution in [-0.4, -0.2) is 14.1 Å². The lowest BCUT2D eigenvalue weighted by Crippen LogP contribution is -2.05. The summed E-state index contributed by atoms with van der Waals surface area (Å²) in [5.74, 6) is 0.856. The van der Waals surface area contributed by atoms with Gasteiger partial charge in [-0.05, 0) is 41.8 Å². The summed E-state index contributed by atoms with van der Waals surface area (Å²) in [6, 6.07) is 44.4. The van der Waals surface area contributed by atoms with E-state index < -0.39 is 0 Å². The van der Waals surface area contributed by atoms with Crippen molar-refractivity contribution < 1.29 is 4.42 Å². The van der Waals surface area contributed by atoms with Gasteiger partial charge in [0.05, 0.1) is 27.5 Å². The average Bonchev–Trinajstić information content (AvgIpc) is 3.67. The fourth-order valence-corrected chi connectivity index (χ4v) is 6.32. The highest BCUT2D eigenvalue weighted by molar-refractivity contribution is 6.35. The molecule has 182 valence electrons. The van der Waals surface area contributed by atoms with E-state index in [1.54, 1.807) is 0 Å². The standard InChI is InChI=1S/C35H21N3O/c1-2-12-22(13-3-1)37-29-20-10-8-18-27(29)36-35(37)38-28-19-9-6-16-25(28)32-33(38)24-15-5-4-14-23(24)31-26-17-7-11-21-30(26)39-34(31)32/h1-21H. The highest BCUT2D eigenvalue weighted by Gasteiger charge is 2.25. The molecule has 6 aromatic carbocycles. The van der Waals surface area contributed by atoms with Gasteiger partial charge in [-0.1, -0.05) is 91.0 Å². The molecule has 0 aliphatic carbocycles. The lowest BCUT2D eigenvalue weighted by atomic mass is 9.99. The zero-order valence-corrected chi connectivity index (χ0v) is 20.9. The molecule has 0 radical (unpaired) electrons. The molecule has 3 heterocycles. The molecule has 0 saturated heterocycles. The van der Waals surface area contributed by atoms with Crippen LogP contribution in [0.15, 0.2) is 132 Å². The average molecular weight is 500 g/mol. The van der Waals surface area contributed by atoms with E-state index in [1.807, 2.05) is 12.1 Å². The van der Waals surface area contributed by atoms with Crippen LogP contribution in [0.25, 0.3) is 77.2 Å². The topological polar surface area (TPSA) is 35.9 Å². The summed E-state index contributed by atoms with van der Waals surface area (Å²) in [4.78, 5) is 5.26. The Labute approximate surface area is 222 Å². The normalized spacial score (nSPS) is 12.1. The number of rotatable bonds is 2. The molecule has 0 aliphatic rings. The molecule has 0 N–H and O–H groups in total. The van der Waals surface area contributed by atoms with Gasteiger partial charge in [-0.2, -0.15) is 0 Å². The fourth-order valence-electron chi connectivity index (χ4n) is 6.32. The van der Waals surface area contributed by atoms with Gasteiger partial charge < -0.3 is 4.42 Å². The van der Waals surface area contributed by atoms with Crippen LogP contribution in [0.1, 0.15) is 0 Å². The van der Waals surface area contributed by atoms with E-state index >= 15 is 0 Å². The van der Waals surface area contributed by atoms with Gasteiger partial charge in [-0.3, -0.25) is 9.13 Å². The number of para-hydroxylation sites is 5. The number of imidazole rings is 1. The summed E-state index contributed by atoms with van der Waals surface area (Å²) in [6.07, 6.45) is 0. The Balaban J connectivity index is 1.58. The summed E-state index contributed by atoms with van der Waals surface area (Å²) >= 11 is 0. The molecular formula is C35H21N3O. The first-order valence-electron chi connectivity index (χ1n) is 13.2. The number of furan rings is 1. The second-order valence-corrected chi connectivity index (χ2v) is 10.00. The maximum atomic E-state index is 6.66. The second-order valence-electron chi connectivity index (χ2n) is 10.00. The third-order valence-electron chi connectivity index (χ3n) is 7.91. The quantitative estimate of drug-likeness (QED) is 0.238. The molecule has 0 aliphatic heterocycles. The van der Waals surface area contributed by atoms with Crippen LogP contribution in [0, 0.1) is 0 Å². The van der Waals surface area contributed by atoms with Gasteiger partial charge >= 0.3 is 0 Å². The summed E-state index contributed by atoms with van der Waals surface area (Å²) in [5, 5.41) is 6.91. The van der Waals surface area contributed by atoms with Crippen LogP contribution in [0.5, 0.6) is 0 Å². The zero-order valence-electron chi connectivity index (χ0n) is 20.9. The highest BCUT2D eigenvalue weighted by Crippen LogP contribution is 2.45. The summed E-state index contributed by atoms with van der Waals surface area (Å²) in [7, 11) is 0. The van der Waals surface area contributed by atoms with Gasteiger partial charge in [0.1, 0.15) is 11.2 Å². The Kier molecular flexibility index (Phi) is 4.02. The number of benzene rings is 6. The van der Waals surface area contributed by atoms with Crippen LogP contribution in [-0.2, 0) is 0 Å². The highest BCUT2D eigenvalue weighted by atomic mass is 16.3. The molecule has 3 aromatic heterocycles.